The third-order valence-corrected chi connectivity index (χ3v) is 8.54. The number of nitrogens with zero attached hydrogens (tertiary/aromatic N) is 1. The minimum atomic E-state index is -0.224. The van der Waals surface area contributed by atoms with E-state index in [4.69, 9.17) is 0 Å². The van der Waals surface area contributed by atoms with Crippen molar-refractivity contribution in [2.45, 2.75) is 64.9 Å². The fourth-order valence-corrected chi connectivity index (χ4v) is 6.86. The van der Waals surface area contributed by atoms with Gasteiger partial charge in [0.25, 0.3) is 0 Å². The Labute approximate surface area is 154 Å². The number of aliphatic hydroxyl groups is 2. The lowest BCUT2D eigenvalue weighted by atomic mass is 9.49. The maximum absolute atomic E-state index is 10.1. The van der Waals surface area contributed by atoms with E-state index in [1.807, 2.05) is 0 Å². The molecule has 0 aromatic heterocycles. The van der Waals surface area contributed by atoms with E-state index in [2.05, 4.69) is 39.4 Å². The highest BCUT2D eigenvalue weighted by atomic mass is 16.3. The molecule has 3 saturated carbocycles. The lowest BCUT2D eigenvalue weighted by Crippen LogP contribution is -2.53. The zero-order valence-corrected chi connectivity index (χ0v) is 16.8. The quantitative estimate of drug-likeness (QED) is 0.761. The number of fused-ring (bicyclic) bond motifs is 1. The van der Waals surface area contributed by atoms with Gasteiger partial charge in [0.1, 0.15) is 0 Å². The second-order valence-corrected chi connectivity index (χ2v) is 10.1. The Balaban J connectivity index is 1.92. The van der Waals surface area contributed by atoms with Gasteiger partial charge in [-0.15, -0.1) is 0 Å². The maximum atomic E-state index is 10.1. The summed E-state index contributed by atoms with van der Waals surface area (Å²) in [6, 6.07) is 0. The van der Waals surface area contributed by atoms with Crippen molar-refractivity contribution in [1.82, 2.24) is 4.90 Å². The van der Waals surface area contributed by atoms with Crippen LogP contribution in [0.1, 0.15) is 58.8 Å². The first-order chi connectivity index (χ1) is 11.7. The van der Waals surface area contributed by atoms with Crippen LogP contribution in [0.15, 0.2) is 12.2 Å². The van der Waals surface area contributed by atoms with Crippen molar-refractivity contribution in [3.8, 4) is 0 Å². The van der Waals surface area contributed by atoms with Crippen LogP contribution < -0.4 is 0 Å². The van der Waals surface area contributed by atoms with E-state index in [0.29, 0.717) is 17.3 Å². The van der Waals surface area contributed by atoms with Gasteiger partial charge in [0, 0.05) is 13.2 Å². The third kappa shape index (κ3) is 3.21. The van der Waals surface area contributed by atoms with Crippen molar-refractivity contribution < 1.29 is 10.2 Å². The average molecular weight is 350 g/mol. The minimum Gasteiger partial charge on any atom is -0.396 e. The van der Waals surface area contributed by atoms with Gasteiger partial charge in [0.2, 0.25) is 0 Å². The first-order valence-electron chi connectivity index (χ1n) is 10.3. The highest BCUT2D eigenvalue weighted by Gasteiger charge is 2.56. The van der Waals surface area contributed by atoms with Gasteiger partial charge in [-0.05, 0) is 93.5 Å². The van der Waals surface area contributed by atoms with Crippen molar-refractivity contribution >= 4 is 0 Å². The summed E-state index contributed by atoms with van der Waals surface area (Å²) in [5, 5.41) is 20.2. The van der Waals surface area contributed by atoms with Gasteiger partial charge in [-0.2, -0.15) is 0 Å². The maximum Gasteiger partial charge on any atom is 0.0544 e. The topological polar surface area (TPSA) is 43.7 Å². The molecule has 7 atom stereocenters. The molecule has 25 heavy (non-hydrogen) atoms. The van der Waals surface area contributed by atoms with Crippen molar-refractivity contribution in [1.29, 1.82) is 0 Å². The first-order valence-corrected chi connectivity index (χ1v) is 10.3. The molecule has 3 nitrogen and oxygen atoms in total. The summed E-state index contributed by atoms with van der Waals surface area (Å²) in [7, 11) is 4.40. The molecule has 7 unspecified atom stereocenters. The van der Waals surface area contributed by atoms with Crippen LogP contribution in [-0.2, 0) is 0 Å². The molecule has 0 heterocycles. The van der Waals surface area contributed by atoms with Crippen LogP contribution in [0.25, 0.3) is 0 Å². The number of hydrogen-bond donors (Lipinski definition) is 2. The zero-order chi connectivity index (χ0) is 18.4. The molecule has 2 N–H and O–H groups in total. The van der Waals surface area contributed by atoms with Crippen LogP contribution >= 0.6 is 0 Å². The molecule has 0 saturated heterocycles. The van der Waals surface area contributed by atoms with E-state index in [1.165, 1.54) is 31.3 Å². The van der Waals surface area contributed by atoms with Crippen LogP contribution in [0.5, 0.6) is 0 Å². The summed E-state index contributed by atoms with van der Waals surface area (Å²) in [5.41, 5.74) is 1.94. The number of aliphatic hydroxyl groups excluding tert-OH is 2. The lowest BCUT2D eigenvalue weighted by Gasteiger charge is -2.57. The number of hydrogen-bond acceptors (Lipinski definition) is 3. The molecule has 3 heteroatoms. The van der Waals surface area contributed by atoms with E-state index in [0.717, 1.165) is 31.7 Å². The molecule has 3 rings (SSSR count). The summed E-state index contributed by atoms with van der Waals surface area (Å²) >= 11 is 0. The third-order valence-electron chi connectivity index (χ3n) is 8.54. The van der Waals surface area contributed by atoms with Crippen LogP contribution in [0.3, 0.4) is 0 Å². The summed E-state index contributed by atoms with van der Waals surface area (Å²) in [5.74, 6) is 2.27. The van der Waals surface area contributed by atoms with Gasteiger partial charge < -0.3 is 15.1 Å². The lowest BCUT2D eigenvalue weighted by molar-refractivity contribution is -0.0978. The summed E-state index contributed by atoms with van der Waals surface area (Å²) in [6.07, 6.45) is 7.47. The zero-order valence-electron chi connectivity index (χ0n) is 16.8. The molecule has 3 aliphatic carbocycles. The largest absolute Gasteiger partial charge is 0.396 e. The monoisotopic (exact) mass is 349 g/mol. The average Bonchev–Trinajstić information content (AvgIpc) is 2.85. The van der Waals surface area contributed by atoms with Crippen molar-refractivity contribution in [2.75, 3.05) is 27.2 Å². The van der Waals surface area contributed by atoms with Crippen LogP contribution in [0, 0.1) is 34.5 Å². The van der Waals surface area contributed by atoms with E-state index < -0.39 is 0 Å². The molecule has 0 spiro atoms. The Morgan fingerprint density at radius 2 is 1.84 bits per heavy atom. The summed E-state index contributed by atoms with van der Waals surface area (Å²) < 4.78 is 0. The molecule has 0 amide bonds. The van der Waals surface area contributed by atoms with Gasteiger partial charge >= 0.3 is 0 Å². The van der Waals surface area contributed by atoms with E-state index >= 15 is 0 Å². The van der Waals surface area contributed by atoms with Crippen molar-refractivity contribution in [2.24, 2.45) is 34.5 Å². The molecule has 3 fully saturated rings. The molecule has 0 aromatic rings. The number of rotatable bonds is 4. The fraction of sp³-hybridized carbons (Fsp3) is 0.909. The van der Waals surface area contributed by atoms with E-state index in [1.54, 1.807) is 0 Å². The van der Waals surface area contributed by atoms with Gasteiger partial charge in [0.15, 0.2) is 0 Å². The second kappa shape index (κ2) is 6.98. The van der Waals surface area contributed by atoms with Gasteiger partial charge in [-0.1, -0.05) is 26.0 Å². The smallest absolute Gasteiger partial charge is 0.0544 e. The second-order valence-electron chi connectivity index (χ2n) is 10.1. The SMILES string of the molecule is C=C1CCC2C(CN(C)C)C(C3(C)CCC(O)CC3CO)CCC12C. The number of allylic oxidation sites excluding steroid dienone is 1. The standard InChI is InChI=1S/C22H39NO2/c1-15-6-7-19-18(13-23(4)5)20(9-11-21(15,19)2)22(3)10-8-17(25)12-16(22)14-24/h16-20,24-25H,1,6-14H2,2-5H3. The molecule has 3 aliphatic rings. The Kier molecular flexibility index (Phi) is 5.41. The van der Waals surface area contributed by atoms with Gasteiger partial charge in [0.05, 0.1) is 6.10 Å². The minimum absolute atomic E-state index is 0.153. The normalized spacial score (nSPS) is 48.0. The Morgan fingerprint density at radius 1 is 1.12 bits per heavy atom. The Hall–Kier alpha value is -0.380. The highest BCUT2D eigenvalue weighted by Crippen LogP contribution is 2.63. The van der Waals surface area contributed by atoms with Crippen LogP contribution in [0.4, 0.5) is 0 Å². The summed E-state index contributed by atoms with van der Waals surface area (Å²) in [4.78, 5) is 2.36. The predicted octanol–water partition coefficient (Wildman–Crippen LogP) is 3.71. The van der Waals surface area contributed by atoms with E-state index in [-0.39, 0.29) is 24.0 Å². The molecule has 0 bridgehead atoms. The van der Waals surface area contributed by atoms with Crippen molar-refractivity contribution in [3.63, 3.8) is 0 Å². The fourth-order valence-electron chi connectivity index (χ4n) is 6.86. The highest BCUT2D eigenvalue weighted by molar-refractivity contribution is 5.21. The molecular weight excluding hydrogens is 310 g/mol. The molecule has 0 radical (unpaired) electrons. The molecule has 0 aliphatic heterocycles. The predicted molar refractivity (Wildman–Crippen MR) is 103 cm³/mol. The summed E-state index contributed by atoms with van der Waals surface area (Å²) in [6.45, 7) is 10.7. The Morgan fingerprint density at radius 3 is 2.48 bits per heavy atom. The van der Waals surface area contributed by atoms with Gasteiger partial charge in [-0.25, -0.2) is 0 Å². The van der Waals surface area contributed by atoms with E-state index in [9.17, 15) is 10.2 Å². The molecule has 0 aromatic carbocycles. The van der Waals surface area contributed by atoms with Gasteiger partial charge in [-0.3, -0.25) is 0 Å². The van der Waals surface area contributed by atoms with Crippen molar-refractivity contribution in [3.05, 3.63) is 12.2 Å². The van der Waals surface area contributed by atoms with Crippen LogP contribution in [-0.4, -0.2) is 48.5 Å². The first kappa shape index (κ1) is 19.4. The Bertz CT molecular complexity index is 504. The molecule has 144 valence electrons. The van der Waals surface area contributed by atoms with Crippen LogP contribution in [0.2, 0.25) is 0 Å². The molecular formula is C22H39NO2.